The van der Waals surface area contributed by atoms with Gasteiger partial charge in [0.25, 0.3) is 0 Å². The van der Waals surface area contributed by atoms with E-state index in [4.69, 9.17) is 4.74 Å². The fourth-order valence-corrected chi connectivity index (χ4v) is 4.81. The molecule has 2 atom stereocenters. The number of carbonyl (C=O) groups is 1. The molecule has 13 heteroatoms. The highest BCUT2D eigenvalue weighted by atomic mass is 19.4. The number of fused-ring (bicyclic) bond motifs is 1. The number of carbonyl (C=O) groups excluding carboxylic acids is 1. The molecule has 0 radical (unpaired) electrons. The van der Waals surface area contributed by atoms with Crippen molar-refractivity contribution in [1.29, 1.82) is 0 Å². The number of alkyl halides is 9. The van der Waals surface area contributed by atoms with Gasteiger partial charge in [0.2, 0.25) is 0 Å². The van der Waals surface area contributed by atoms with Gasteiger partial charge in [0.15, 0.2) is 0 Å². The molecule has 1 N–H and O–H groups in total. The molecule has 1 heterocycles. The van der Waals surface area contributed by atoms with Crippen molar-refractivity contribution in [3.8, 4) is 0 Å². The van der Waals surface area contributed by atoms with Gasteiger partial charge in [-0.3, -0.25) is 4.90 Å². The Hall–Kier alpha value is -2.96. The van der Waals surface area contributed by atoms with E-state index in [1.54, 1.807) is 6.92 Å². The summed E-state index contributed by atoms with van der Waals surface area (Å²) in [6.45, 7) is 1.40. The van der Waals surface area contributed by atoms with E-state index in [0.717, 1.165) is 31.0 Å². The van der Waals surface area contributed by atoms with Gasteiger partial charge >= 0.3 is 24.6 Å². The minimum absolute atomic E-state index is 0.0118. The van der Waals surface area contributed by atoms with Gasteiger partial charge in [-0.15, -0.1) is 0 Å². The summed E-state index contributed by atoms with van der Waals surface area (Å²) in [5, 5.41) is 2.86. The van der Waals surface area contributed by atoms with Crippen LogP contribution >= 0.6 is 0 Å². The van der Waals surface area contributed by atoms with Gasteiger partial charge in [0.1, 0.15) is 0 Å². The number of anilines is 1. The lowest BCUT2D eigenvalue weighted by molar-refractivity contribution is -0.143. The van der Waals surface area contributed by atoms with Crippen molar-refractivity contribution in [2.45, 2.75) is 69.8 Å². The Morgan fingerprint density at radius 2 is 1.49 bits per heavy atom. The van der Waals surface area contributed by atoms with Crippen molar-refractivity contribution in [3.63, 3.8) is 0 Å². The van der Waals surface area contributed by atoms with Gasteiger partial charge in [-0.1, -0.05) is 6.92 Å². The van der Waals surface area contributed by atoms with Crippen molar-refractivity contribution in [2.75, 3.05) is 11.5 Å². The number of hydrogen-bond acceptors (Lipinski definition) is 3. The quantitative estimate of drug-likeness (QED) is 0.358. The lowest BCUT2D eigenvalue weighted by atomic mass is 9.87. The molecule has 2 aromatic carbocycles. The fourth-order valence-electron chi connectivity index (χ4n) is 4.81. The maximum absolute atomic E-state index is 13.5. The number of halogens is 9. The molecule has 214 valence electrons. The summed E-state index contributed by atoms with van der Waals surface area (Å²) in [5.74, 6) is 0.0318. The standard InChI is InChI=1S/C26H25F9N2O2/c1-2-7-39-23(38)37-21-6-5-16(24(27,28)29)11-19(21)20(12-22(37)15-3-4-15)36-13-14-8-17(25(30,31)32)10-18(9-14)26(33,34)35/h5-6,8-11,15,20,22,36H,2-4,7,12-13H2,1H3/t20-,22-/m0/s1. The van der Waals surface area contributed by atoms with E-state index in [2.05, 4.69) is 5.32 Å². The van der Waals surface area contributed by atoms with E-state index in [9.17, 15) is 44.3 Å². The summed E-state index contributed by atoms with van der Waals surface area (Å²) in [7, 11) is 0. The van der Waals surface area contributed by atoms with E-state index in [1.165, 1.54) is 4.90 Å². The Bertz CT molecular complexity index is 1170. The molecule has 2 aromatic rings. The molecule has 4 nitrogen and oxygen atoms in total. The van der Waals surface area contributed by atoms with Crippen LogP contribution in [-0.2, 0) is 29.8 Å². The average Bonchev–Trinajstić information content (AvgIpc) is 3.68. The monoisotopic (exact) mass is 568 g/mol. The first-order chi connectivity index (χ1) is 18.1. The Labute approximate surface area is 218 Å². The number of amides is 1. The second kappa shape index (κ2) is 10.5. The number of nitrogens with one attached hydrogen (secondary N) is 1. The van der Waals surface area contributed by atoms with E-state index in [-0.39, 0.29) is 41.8 Å². The maximum Gasteiger partial charge on any atom is 0.416 e. The van der Waals surface area contributed by atoms with Gasteiger partial charge < -0.3 is 10.1 Å². The van der Waals surface area contributed by atoms with Gasteiger partial charge in [-0.25, -0.2) is 4.79 Å². The predicted octanol–water partition coefficient (Wildman–Crippen LogP) is 8.11. The minimum atomic E-state index is -5.04. The zero-order valence-electron chi connectivity index (χ0n) is 20.6. The molecule has 1 saturated carbocycles. The lowest BCUT2D eigenvalue weighted by Gasteiger charge is -2.41. The summed E-state index contributed by atoms with van der Waals surface area (Å²) in [6, 6.07) is 2.64. The largest absolute Gasteiger partial charge is 0.449 e. The van der Waals surface area contributed by atoms with E-state index < -0.39 is 59.9 Å². The Balaban J connectivity index is 1.71. The van der Waals surface area contributed by atoms with Crippen LogP contribution in [0.25, 0.3) is 0 Å². The normalized spacial score (nSPS) is 20.1. The molecule has 0 saturated heterocycles. The Morgan fingerprint density at radius 1 is 0.897 bits per heavy atom. The van der Waals surface area contributed by atoms with Gasteiger partial charge in [0.05, 0.1) is 29.0 Å². The number of hydrogen-bond donors (Lipinski definition) is 1. The van der Waals surface area contributed by atoms with E-state index in [0.29, 0.717) is 18.6 Å². The van der Waals surface area contributed by atoms with Gasteiger partial charge in [-0.05, 0) is 79.1 Å². The molecule has 0 unspecified atom stereocenters. The fraction of sp³-hybridized carbons (Fsp3) is 0.500. The summed E-state index contributed by atoms with van der Waals surface area (Å²) in [4.78, 5) is 14.3. The van der Waals surface area contributed by atoms with Crippen molar-refractivity contribution in [2.24, 2.45) is 5.92 Å². The zero-order valence-corrected chi connectivity index (χ0v) is 20.6. The molecular formula is C26H25F9N2O2. The summed E-state index contributed by atoms with van der Waals surface area (Å²) < 4.78 is 126. The van der Waals surface area contributed by atoms with Crippen LogP contribution in [0.5, 0.6) is 0 Å². The highest BCUT2D eigenvalue weighted by molar-refractivity contribution is 5.90. The van der Waals surface area contributed by atoms with Crippen molar-refractivity contribution in [3.05, 3.63) is 64.2 Å². The van der Waals surface area contributed by atoms with Crippen LogP contribution in [0.2, 0.25) is 0 Å². The van der Waals surface area contributed by atoms with Crippen LogP contribution in [0.4, 0.5) is 50.0 Å². The lowest BCUT2D eigenvalue weighted by Crippen LogP contribution is -2.48. The number of rotatable bonds is 6. The van der Waals surface area contributed by atoms with Crippen LogP contribution in [-0.4, -0.2) is 18.7 Å². The third kappa shape index (κ3) is 6.62. The summed E-state index contributed by atoms with van der Waals surface area (Å²) >= 11 is 0. The number of ether oxygens (including phenoxy) is 1. The average molecular weight is 568 g/mol. The second-order valence-electron chi connectivity index (χ2n) is 9.74. The first-order valence-corrected chi connectivity index (χ1v) is 12.3. The van der Waals surface area contributed by atoms with Crippen LogP contribution in [0, 0.1) is 5.92 Å². The molecule has 0 aromatic heterocycles. The highest BCUT2D eigenvalue weighted by Crippen LogP contribution is 2.48. The van der Waals surface area contributed by atoms with Crippen LogP contribution in [0.1, 0.15) is 66.5 Å². The molecule has 1 aliphatic heterocycles. The minimum Gasteiger partial charge on any atom is -0.449 e. The molecule has 0 bridgehead atoms. The van der Waals surface area contributed by atoms with Crippen LogP contribution in [0.3, 0.4) is 0 Å². The molecular weight excluding hydrogens is 543 g/mol. The SMILES string of the molecule is CCCOC(=O)N1c2ccc(C(F)(F)F)cc2[C@@H](NCc2cc(C(F)(F)F)cc(C(F)(F)F)c2)C[C@H]1C1CC1. The van der Waals surface area contributed by atoms with Gasteiger partial charge in [-0.2, -0.15) is 39.5 Å². The molecule has 0 spiro atoms. The Kier molecular flexibility index (Phi) is 7.85. The van der Waals surface area contributed by atoms with E-state index in [1.807, 2.05) is 0 Å². The third-order valence-corrected chi connectivity index (χ3v) is 6.79. The second-order valence-corrected chi connectivity index (χ2v) is 9.74. The Morgan fingerprint density at radius 3 is 2.00 bits per heavy atom. The number of benzene rings is 2. The molecule has 2 aliphatic rings. The first kappa shape index (κ1) is 29.0. The van der Waals surface area contributed by atoms with Crippen molar-refractivity contribution in [1.82, 2.24) is 5.32 Å². The summed E-state index contributed by atoms with van der Waals surface area (Å²) in [5.41, 5.74) is -4.10. The van der Waals surface area contributed by atoms with Crippen molar-refractivity contribution >= 4 is 11.8 Å². The first-order valence-electron chi connectivity index (χ1n) is 12.3. The topological polar surface area (TPSA) is 41.6 Å². The molecule has 1 fully saturated rings. The molecule has 4 rings (SSSR count). The maximum atomic E-state index is 13.5. The smallest absolute Gasteiger partial charge is 0.416 e. The molecule has 1 aliphatic carbocycles. The highest BCUT2D eigenvalue weighted by Gasteiger charge is 2.45. The van der Waals surface area contributed by atoms with Crippen molar-refractivity contribution < 1.29 is 49.0 Å². The van der Waals surface area contributed by atoms with Crippen LogP contribution in [0.15, 0.2) is 36.4 Å². The zero-order chi connectivity index (χ0) is 28.8. The number of nitrogens with zero attached hydrogens (tertiary/aromatic N) is 1. The predicted molar refractivity (Wildman–Crippen MR) is 123 cm³/mol. The van der Waals surface area contributed by atoms with E-state index >= 15 is 0 Å². The van der Waals surface area contributed by atoms with Gasteiger partial charge in [0, 0.05) is 18.6 Å². The third-order valence-electron chi connectivity index (χ3n) is 6.79. The molecule has 39 heavy (non-hydrogen) atoms. The molecule has 1 amide bonds. The summed E-state index contributed by atoms with van der Waals surface area (Å²) in [6.07, 6.45) is -13.4. The van der Waals surface area contributed by atoms with Crippen LogP contribution < -0.4 is 10.2 Å².